The van der Waals surface area contributed by atoms with Gasteiger partial charge in [0.15, 0.2) is 0 Å². The molecule has 0 unspecified atom stereocenters. The Labute approximate surface area is 49.8 Å². The zero-order valence-electron chi connectivity index (χ0n) is 5.56. The molecule has 8 heavy (non-hydrogen) atoms. The fourth-order valence-electron chi connectivity index (χ4n) is 0.321. The molecular formula is C6H12O2. The Morgan fingerprint density at radius 2 is 2.00 bits per heavy atom. The second kappa shape index (κ2) is 3.36. The van der Waals surface area contributed by atoms with Gasteiger partial charge in [0.25, 0.3) is 0 Å². The van der Waals surface area contributed by atoms with Gasteiger partial charge >= 0.3 is 0 Å². The lowest BCUT2D eigenvalue weighted by Crippen LogP contribution is -1.89. The summed E-state index contributed by atoms with van der Waals surface area (Å²) in [5, 5.41) is 8.71. The van der Waals surface area contributed by atoms with E-state index >= 15 is 0 Å². The highest BCUT2D eigenvalue weighted by Gasteiger charge is 1.89. The van der Waals surface area contributed by atoms with Gasteiger partial charge in [-0.25, -0.2) is 0 Å². The van der Waals surface area contributed by atoms with Crippen LogP contribution in [0.2, 0.25) is 0 Å². The van der Waals surface area contributed by atoms with Crippen molar-refractivity contribution in [3.05, 3.63) is 11.5 Å². The van der Waals surface area contributed by atoms with Crippen LogP contribution >= 0.6 is 0 Å². The molecule has 0 rings (SSSR count). The number of allylic oxidation sites excluding steroid dienone is 2. The summed E-state index contributed by atoms with van der Waals surface area (Å²) in [4.78, 5) is 0. The van der Waals surface area contributed by atoms with Crippen LogP contribution in [-0.2, 0) is 4.74 Å². The Kier molecular flexibility index (Phi) is 3.08. The molecule has 0 aromatic rings. The van der Waals surface area contributed by atoms with E-state index in [4.69, 9.17) is 9.84 Å². The first-order chi connectivity index (χ1) is 3.68. The Morgan fingerprint density at radius 3 is 2.12 bits per heavy atom. The average Bonchev–Trinajstić information content (AvgIpc) is 1.67. The van der Waals surface area contributed by atoms with E-state index in [0.717, 1.165) is 0 Å². The first-order valence-corrected chi connectivity index (χ1v) is 2.67. The van der Waals surface area contributed by atoms with Crippen LogP contribution < -0.4 is 0 Å². The van der Waals surface area contributed by atoms with Gasteiger partial charge in [-0.2, -0.15) is 0 Å². The van der Waals surface area contributed by atoms with Crippen molar-refractivity contribution >= 4 is 0 Å². The van der Waals surface area contributed by atoms with E-state index in [1.165, 1.54) is 0 Å². The average molecular weight is 116 g/mol. The number of aliphatic hydroxyl groups excluding tert-OH is 1. The normalized spacial score (nSPS) is 12.9. The fourth-order valence-corrected chi connectivity index (χ4v) is 0.321. The van der Waals surface area contributed by atoms with E-state index in [9.17, 15) is 0 Å². The van der Waals surface area contributed by atoms with Crippen molar-refractivity contribution in [3.8, 4) is 0 Å². The van der Waals surface area contributed by atoms with Gasteiger partial charge in [-0.3, -0.25) is 0 Å². The zero-order chi connectivity index (χ0) is 6.57. The molecule has 0 amide bonds. The van der Waals surface area contributed by atoms with Gasteiger partial charge in [0, 0.05) is 0 Å². The van der Waals surface area contributed by atoms with Crippen LogP contribution in [0.5, 0.6) is 0 Å². The summed E-state index contributed by atoms with van der Waals surface area (Å²) >= 11 is 0. The number of hydrogen-bond acceptors (Lipinski definition) is 2. The predicted molar refractivity (Wildman–Crippen MR) is 32.6 cm³/mol. The van der Waals surface area contributed by atoms with E-state index in [0.29, 0.717) is 12.4 Å². The first-order valence-electron chi connectivity index (χ1n) is 2.67. The smallest absolute Gasteiger partial charge is 0.130 e. The van der Waals surface area contributed by atoms with Gasteiger partial charge in [0.1, 0.15) is 11.5 Å². The first kappa shape index (κ1) is 7.34. The molecule has 0 saturated carbocycles. The molecule has 0 saturated heterocycles. The SMILES string of the molecule is CCOC(C)=C(C)O. The molecule has 48 valence electrons. The minimum atomic E-state index is 0.256. The molecule has 0 spiro atoms. The Bertz CT molecular complexity index is 90.7. The molecule has 0 aromatic carbocycles. The highest BCUT2D eigenvalue weighted by molar-refractivity contribution is 4.91. The van der Waals surface area contributed by atoms with E-state index in [1.807, 2.05) is 6.92 Å². The number of ether oxygens (including phenoxy) is 1. The monoisotopic (exact) mass is 116 g/mol. The van der Waals surface area contributed by atoms with Gasteiger partial charge < -0.3 is 9.84 Å². The molecule has 0 aliphatic heterocycles. The lowest BCUT2D eigenvalue weighted by Gasteiger charge is -2.01. The second-order valence-corrected chi connectivity index (χ2v) is 1.57. The largest absolute Gasteiger partial charge is 0.509 e. The van der Waals surface area contributed by atoms with Crippen LogP contribution in [0.25, 0.3) is 0 Å². The molecule has 0 aliphatic rings. The van der Waals surface area contributed by atoms with E-state index in [2.05, 4.69) is 0 Å². The number of rotatable bonds is 2. The molecule has 1 N–H and O–H groups in total. The number of hydrogen-bond donors (Lipinski definition) is 1. The van der Waals surface area contributed by atoms with Crippen LogP contribution in [0.15, 0.2) is 11.5 Å². The van der Waals surface area contributed by atoms with Gasteiger partial charge in [0.2, 0.25) is 0 Å². The molecule has 0 aliphatic carbocycles. The molecule has 0 radical (unpaired) electrons. The van der Waals surface area contributed by atoms with Gasteiger partial charge in [0.05, 0.1) is 6.61 Å². The molecule has 0 bridgehead atoms. The highest BCUT2D eigenvalue weighted by Crippen LogP contribution is 1.99. The molecule has 2 heteroatoms. The summed E-state index contributed by atoms with van der Waals surface area (Å²) in [5.74, 6) is 0.861. The summed E-state index contributed by atoms with van der Waals surface area (Å²) in [5.41, 5.74) is 0. The molecule has 2 nitrogen and oxygen atoms in total. The molecule has 0 heterocycles. The van der Waals surface area contributed by atoms with Crippen molar-refractivity contribution in [1.82, 2.24) is 0 Å². The summed E-state index contributed by atoms with van der Waals surface area (Å²) in [7, 11) is 0. The maximum atomic E-state index is 8.71. The van der Waals surface area contributed by atoms with Crippen molar-refractivity contribution in [2.75, 3.05) is 6.61 Å². The fraction of sp³-hybridized carbons (Fsp3) is 0.667. The minimum absolute atomic E-state index is 0.256. The maximum Gasteiger partial charge on any atom is 0.130 e. The molecule has 0 atom stereocenters. The second-order valence-electron chi connectivity index (χ2n) is 1.57. The summed E-state index contributed by atoms with van der Waals surface area (Å²) in [6.07, 6.45) is 0. The van der Waals surface area contributed by atoms with Gasteiger partial charge in [-0.1, -0.05) is 0 Å². The van der Waals surface area contributed by atoms with Crippen molar-refractivity contribution < 1.29 is 9.84 Å². The topological polar surface area (TPSA) is 29.5 Å². The van der Waals surface area contributed by atoms with Crippen LogP contribution in [0.3, 0.4) is 0 Å². The third kappa shape index (κ3) is 2.50. The van der Waals surface area contributed by atoms with Crippen molar-refractivity contribution in [2.24, 2.45) is 0 Å². The standard InChI is InChI=1S/C6H12O2/c1-4-8-6(3)5(2)7/h7H,4H2,1-3H3. The molecule has 0 fully saturated rings. The van der Waals surface area contributed by atoms with Crippen LogP contribution in [-0.4, -0.2) is 11.7 Å². The quantitative estimate of drug-likeness (QED) is 0.558. The molecule has 0 aromatic heterocycles. The maximum absolute atomic E-state index is 8.71. The number of aliphatic hydroxyl groups is 1. The predicted octanol–water partition coefficient (Wildman–Crippen LogP) is 1.83. The summed E-state index contributed by atoms with van der Waals surface area (Å²) in [6, 6.07) is 0. The Morgan fingerprint density at radius 1 is 1.50 bits per heavy atom. The summed E-state index contributed by atoms with van der Waals surface area (Å²) in [6.45, 7) is 5.83. The summed E-state index contributed by atoms with van der Waals surface area (Å²) < 4.78 is 4.93. The van der Waals surface area contributed by atoms with Gasteiger partial charge in [-0.15, -0.1) is 0 Å². The Balaban J connectivity index is 3.62. The van der Waals surface area contributed by atoms with Crippen LogP contribution in [0.1, 0.15) is 20.8 Å². The molecular weight excluding hydrogens is 104 g/mol. The van der Waals surface area contributed by atoms with E-state index in [1.54, 1.807) is 13.8 Å². The Hall–Kier alpha value is -0.660. The lowest BCUT2D eigenvalue weighted by atomic mass is 10.5. The van der Waals surface area contributed by atoms with Crippen molar-refractivity contribution in [1.29, 1.82) is 0 Å². The van der Waals surface area contributed by atoms with Gasteiger partial charge in [-0.05, 0) is 20.8 Å². The lowest BCUT2D eigenvalue weighted by molar-refractivity contribution is 0.207. The van der Waals surface area contributed by atoms with E-state index in [-0.39, 0.29) is 5.76 Å². The van der Waals surface area contributed by atoms with Crippen molar-refractivity contribution in [3.63, 3.8) is 0 Å². The highest BCUT2D eigenvalue weighted by atomic mass is 16.5. The minimum Gasteiger partial charge on any atom is -0.509 e. The van der Waals surface area contributed by atoms with Crippen LogP contribution in [0.4, 0.5) is 0 Å². The van der Waals surface area contributed by atoms with Crippen LogP contribution in [0, 0.1) is 0 Å². The van der Waals surface area contributed by atoms with E-state index < -0.39 is 0 Å². The third-order valence-corrected chi connectivity index (χ3v) is 0.870. The third-order valence-electron chi connectivity index (χ3n) is 0.870. The van der Waals surface area contributed by atoms with Crippen molar-refractivity contribution in [2.45, 2.75) is 20.8 Å². The zero-order valence-corrected chi connectivity index (χ0v) is 5.56.